The van der Waals surface area contributed by atoms with Crippen LogP contribution in [0.25, 0.3) is 0 Å². The summed E-state index contributed by atoms with van der Waals surface area (Å²) in [6.07, 6.45) is 1.19. The predicted molar refractivity (Wildman–Crippen MR) is 71.5 cm³/mol. The molecule has 1 N–H and O–H groups in total. The van der Waals surface area contributed by atoms with Gasteiger partial charge in [0.1, 0.15) is 0 Å². The molecule has 3 heteroatoms. The van der Waals surface area contributed by atoms with Gasteiger partial charge in [-0.25, -0.2) is 0 Å². The van der Waals surface area contributed by atoms with Crippen molar-refractivity contribution in [2.24, 2.45) is 0 Å². The Morgan fingerprint density at radius 3 is 2.88 bits per heavy atom. The maximum Gasteiger partial charge on any atom is 0.0594 e. The molecule has 0 radical (unpaired) electrons. The summed E-state index contributed by atoms with van der Waals surface area (Å²) in [5.74, 6) is 0. The molecule has 0 atom stereocenters. The average Bonchev–Trinajstić information content (AvgIpc) is 2.36. The summed E-state index contributed by atoms with van der Waals surface area (Å²) in [6.45, 7) is 8.30. The minimum Gasteiger partial charge on any atom is -0.385 e. The molecule has 1 heterocycles. The van der Waals surface area contributed by atoms with E-state index in [9.17, 15) is 0 Å². The zero-order valence-corrected chi connectivity index (χ0v) is 10.6. The average molecular weight is 234 g/mol. The second-order valence-electron chi connectivity index (χ2n) is 4.60. The number of anilines is 1. The summed E-state index contributed by atoms with van der Waals surface area (Å²) in [6, 6.07) is 8.54. The van der Waals surface area contributed by atoms with Crippen molar-refractivity contribution >= 4 is 5.69 Å². The van der Waals surface area contributed by atoms with Crippen LogP contribution in [0.2, 0.25) is 0 Å². The van der Waals surface area contributed by atoms with Crippen LogP contribution in [0.3, 0.4) is 0 Å². The zero-order chi connectivity index (χ0) is 11.9. The molecule has 1 aromatic carbocycles. The highest BCUT2D eigenvalue weighted by Crippen LogP contribution is 2.09. The van der Waals surface area contributed by atoms with Crippen LogP contribution in [0, 0.1) is 6.92 Å². The van der Waals surface area contributed by atoms with Crippen LogP contribution >= 0.6 is 0 Å². The van der Waals surface area contributed by atoms with Gasteiger partial charge in [-0.15, -0.1) is 0 Å². The third-order valence-corrected chi connectivity index (χ3v) is 3.10. The molecule has 0 amide bonds. The van der Waals surface area contributed by atoms with Crippen LogP contribution in [0.1, 0.15) is 12.0 Å². The number of aryl methyl sites for hydroxylation is 1. The van der Waals surface area contributed by atoms with E-state index in [0.29, 0.717) is 0 Å². The Hall–Kier alpha value is -1.06. The molecular formula is C14H22N2O. The van der Waals surface area contributed by atoms with Gasteiger partial charge in [-0.2, -0.15) is 0 Å². The van der Waals surface area contributed by atoms with E-state index in [1.807, 2.05) is 0 Å². The lowest BCUT2D eigenvalue weighted by Crippen LogP contribution is -2.37. The lowest BCUT2D eigenvalue weighted by atomic mass is 10.2. The number of benzene rings is 1. The molecular weight excluding hydrogens is 212 g/mol. The highest BCUT2D eigenvalue weighted by atomic mass is 16.5. The molecule has 1 aliphatic rings. The molecule has 94 valence electrons. The first kappa shape index (κ1) is 12.4. The maximum absolute atomic E-state index is 5.33. The molecule has 1 saturated heterocycles. The van der Waals surface area contributed by atoms with Crippen molar-refractivity contribution < 1.29 is 4.74 Å². The molecule has 0 aromatic heterocycles. The molecule has 17 heavy (non-hydrogen) atoms. The summed E-state index contributed by atoms with van der Waals surface area (Å²) in [5.41, 5.74) is 2.54. The van der Waals surface area contributed by atoms with E-state index in [-0.39, 0.29) is 0 Å². The van der Waals surface area contributed by atoms with E-state index in [0.717, 1.165) is 32.8 Å². The second-order valence-corrected chi connectivity index (χ2v) is 4.60. The fraction of sp³-hybridized carbons (Fsp3) is 0.571. The summed E-state index contributed by atoms with van der Waals surface area (Å²) in [4.78, 5) is 2.47. The maximum atomic E-state index is 5.33. The topological polar surface area (TPSA) is 24.5 Å². The highest BCUT2D eigenvalue weighted by molar-refractivity contribution is 5.45. The van der Waals surface area contributed by atoms with Gasteiger partial charge in [0.05, 0.1) is 13.2 Å². The number of nitrogens with zero attached hydrogens (tertiary/aromatic N) is 1. The molecule has 0 spiro atoms. The van der Waals surface area contributed by atoms with Gasteiger partial charge in [0.15, 0.2) is 0 Å². The normalized spacial score (nSPS) is 17.0. The number of hydrogen-bond donors (Lipinski definition) is 1. The van der Waals surface area contributed by atoms with Crippen molar-refractivity contribution in [2.75, 3.05) is 44.7 Å². The third kappa shape index (κ3) is 4.36. The number of ether oxygens (including phenoxy) is 1. The molecule has 0 unspecified atom stereocenters. The van der Waals surface area contributed by atoms with Crippen molar-refractivity contribution in [3.05, 3.63) is 29.8 Å². The standard InChI is InChI=1S/C14H22N2O/c1-13-4-2-5-14(12-13)15-6-3-7-16-8-10-17-11-9-16/h2,4-5,12,15H,3,6-11H2,1H3. The van der Waals surface area contributed by atoms with E-state index >= 15 is 0 Å². The minimum atomic E-state index is 0.894. The Morgan fingerprint density at radius 1 is 1.29 bits per heavy atom. The molecule has 1 aliphatic heterocycles. The molecule has 1 fully saturated rings. The largest absolute Gasteiger partial charge is 0.385 e. The van der Waals surface area contributed by atoms with Gasteiger partial charge < -0.3 is 10.1 Å². The number of rotatable bonds is 5. The quantitative estimate of drug-likeness (QED) is 0.790. The first-order chi connectivity index (χ1) is 8.34. The lowest BCUT2D eigenvalue weighted by Gasteiger charge is -2.26. The molecule has 3 nitrogen and oxygen atoms in total. The molecule has 0 aliphatic carbocycles. The Kier molecular flexibility index (Phi) is 4.83. The second kappa shape index (κ2) is 6.62. The monoisotopic (exact) mass is 234 g/mol. The van der Waals surface area contributed by atoms with Crippen LogP contribution in [0.15, 0.2) is 24.3 Å². The number of hydrogen-bond acceptors (Lipinski definition) is 3. The van der Waals surface area contributed by atoms with Gasteiger partial charge in [-0.05, 0) is 37.6 Å². The van der Waals surface area contributed by atoms with E-state index < -0.39 is 0 Å². The fourth-order valence-corrected chi connectivity index (χ4v) is 2.12. The predicted octanol–water partition coefficient (Wildman–Crippen LogP) is 2.13. The summed E-state index contributed by atoms with van der Waals surface area (Å²) >= 11 is 0. The van der Waals surface area contributed by atoms with Crippen LogP contribution in [-0.2, 0) is 4.74 Å². The van der Waals surface area contributed by atoms with Crippen molar-refractivity contribution in [1.82, 2.24) is 4.90 Å². The van der Waals surface area contributed by atoms with Gasteiger partial charge in [0.25, 0.3) is 0 Å². The molecule has 2 rings (SSSR count). The summed E-state index contributed by atoms with van der Waals surface area (Å²) < 4.78 is 5.33. The van der Waals surface area contributed by atoms with E-state index in [2.05, 4.69) is 41.4 Å². The van der Waals surface area contributed by atoms with Crippen LogP contribution in [0.4, 0.5) is 5.69 Å². The summed E-state index contributed by atoms with van der Waals surface area (Å²) in [5, 5.41) is 3.47. The molecule has 1 aromatic rings. The first-order valence-electron chi connectivity index (χ1n) is 6.45. The van der Waals surface area contributed by atoms with Crippen molar-refractivity contribution in [3.8, 4) is 0 Å². The van der Waals surface area contributed by atoms with E-state index in [1.165, 1.54) is 24.2 Å². The lowest BCUT2D eigenvalue weighted by molar-refractivity contribution is 0.0378. The number of morpholine rings is 1. The van der Waals surface area contributed by atoms with Crippen molar-refractivity contribution in [3.63, 3.8) is 0 Å². The zero-order valence-electron chi connectivity index (χ0n) is 10.6. The van der Waals surface area contributed by atoms with Crippen LogP contribution in [0.5, 0.6) is 0 Å². The van der Waals surface area contributed by atoms with Gasteiger partial charge >= 0.3 is 0 Å². The van der Waals surface area contributed by atoms with E-state index in [4.69, 9.17) is 4.74 Å². The summed E-state index contributed by atoms with van der Waals surface area (Å²) in [7, 11) is 0. The Bertz CT molecular complexity index is 335. The van der Waals surface area contributed by atoms with E-state index in [1.54, 1.807) is 0 Å². The van der Waals surface area contributed by atoms with Crippen molar-refractivity contribution in [1.29, 1.82) is 0 Å². The molecule has 0 bridgehead atoms. The molecule has 0 saturated carbocycles. The SMILES string of the molecule is Cc1cccc(NCCCN2CCOCC2)c1. The minimum absolute atomic E-state index is 0.894. The van der Waals surface area contributed by atoms with Crippen LogP contribution in [-0.4, -0.2) is 44.3 Å². The van der Waals surface area contributed by atoms with Crippen molar-refractivity contribution in [2.45, 2.75) is 13.3 Å². The third-order valence-electron chi connectivity index (χ3n) is 3.10. The van der Waals surface area contributed by atoms with Gasteiger partial charge in [-0.3, -0.25) is 4.90 Å². The Morgan fingerprint density at radius 2 is 2.12 bits per heavy atom. The van der Waals surface area contributed by atoms with Crippen LogP contribution < -0.4 is 5.32 Å². The van der Waals surface area contributed by atoms with Gasteiger partial charge in [0, 0.05) is 25.3 Å². The Balaban J connectivity index is 1.62. The Labute approximate surface area is 104 Å². The fourth-order valence-electron chi connectivity index (χ4n) is 2.12. The smallest absolute Gasteiger partial charge is 0.0594 e. The number of nitrogens with one attached hydrogen (secondary N) is 1. The van der Waals surface area contributed by atoms with Gasteiger partial charge in [-0.1, -0.05) is 12.1 Å². The van der Waals surface area contributed by atoms with Gasteiger partial charge in [0.2, 0.25) is 0 Å². The first-order valence-corrected chi connectivity index (χ1v) is 6.45. The highest BCUT2D eigenvalue weighted by Gasteiger charge is 2.08.